The van der Waals surface area contributed by atoms with Crippen LogP contribution in [-0.2, 0) is 16.1 Å². The molecular formula is C16H15Cl2N3O3. The number of hydrogen-bond acceptors (Lipinski definition) is 4. The van der Waals surface area contributed by atoms with Crippen LogP contribution in [0, 0.1) is 0 Å². The number of carboxylic acids is 1. The molecule has 1 aromatic carbocycles. The summed E-state index contributed by atoms with van der Waals surface area (Å²) in [6, 6.07) is 8.91. The Morgan fingerprint density at radius 3 is 2.67 bits per heavy atom. The number of benzene rings is 1. The van der Waals surface area contributed by atoms with Crippen molar-refractivity contribution in [1.29, 1.82) is 0 Å². The quantitative estimate of drug-likeness (QED) is 0.699. The SMILES string of the molecule is O=C(CC(NCc1ccccn1)C(=O)O)Nc1cc(Cl)ccc1Cl. The van der Waals surface area contributed by atoms with Crippen molar-refractivity contribution >= 4 is 40.8 Å². The number of amides is 1. The molecule has 24 heavy (non-hydrogen) atoms. The number of carbonyl (C=O) groups excluding carboxylic acids is 1. The molecule has 0 radical (unpaired) electrons. The second-order valence-corrected chi connectivity index (χ2v) is 5.81. The first-order valence-electron chi connectivity index (χ1n) is 7.06. The van der Waals surface area contributed by atoms with E-state index in [0.717, 1.165) is 0 Å². The number of aliphatic carboxylic acids is 1. The molecule has 0 spiro atoms. The van der Waals surface area contributed by atoms with Gasteiger partial charge in [0.25, 0.3) is 0 Å². The van der Waals surface area contributed by atoms with Gasteiger partial charge in [0.15, 0.2) is 0 Å². The number of anilines is 1. The van der Waals surface area contributed by atoms with Gasteiger partial charge in [0.1, 0.15) is 6.04 Å². The summed E-state index contributed by atoms with van der Waals surface area (Å²) in [5.41, 5.74) is 1.02. The normalized spacial score (nSPS) is 11.8. The molecular weight excluding hydrogens is 353 g/mol. The fraction of sp³-hybridized carbons (Fsp3) is 0.188. The molecule has 6 nitrogen and oxygen atoms in total. The molecule has 0 aliphatic heterocycles. The van der Waals surface area contributed by atoms with Gasteiger partial charge < -0.3 is 10.4 Å². The number of nitrogens with zero attached hydrogens (tertiary/aromatic N) is 1. The van der Waals surface area contributed by atoms with Gasteiger partial charge in [-0.1, -0.05) is 29.3 Å². The number of halogens is 2. The van der Waals surface area contributed by atoms with E-state index < -0.39 is 17.9 Å². The van der Waals surface area contributed by atoms with Gasteiger partial charge in [0.2, 0.25) is 5.91 Å². The van der Waals surface area contributed by atoms with Crippen LogP contribution in [0.25, 0.3) is 0 Å². The third-order valence-electron chi connectivity index (χ3n) is 3.15. The fourth-order valence-corrected chi connectivity index (χ4v) is 2.29. The molecule has 2 aromatic rings. The summed E-state index contributed by atoms with van der Waals surface area (Å²) in [6.07, 6.45) is 1.35. The van der Waals surface area contributed by atoms with Crippen LogP contribution < -0.4 is 10.6 Å². The lowest BCUT2D eigenvalue weighted by Gasteiger charge is -2.14. The first-order chi connectivity index (χ1) is 11.5. The van der Waals surface area contributed by atoms with E-state index in [-0.39, 0.29) is 13.0 Å². The van der Waals surface area contributed by atoms with Gasteiger partial charge >= 0.3 is 5.97 Å². The Kier molecular flexibility index (Phi) is 6.54. The molecule has 126 valence electrons. The zero-order chi connectivity index (χ0) is 17.5. The van der Waals surface area contributed by atoms with Crippen LogP contribution in [0.1, 0.15) is 12.1 Å². The highest BCUT2D eigenvalue weighted by atomic mass is 35.5. The molecule has 1 aromatic heterocycles. The van der Waals surface area contributed by atoms with E-state index in [4.69, 9.17) is 23.2 Å². The van der Waals surface area contributed by atoms with Crippen LogP contribution in [0.4, 0.5) is 5.69 Å². The summed E-state index contributed by atoms with van der Waals surface area (Å²) in [7, 11) is 0. The lowest BCUT2D eigenvalue weighted by Crippen LogP contribution is -2.39. The molecule has 0 saturated heterocycles. The molecule has 1 heterocycles. The molecule has 2 rings (SSSR count). The van der Waals surface area contributed by atoms with Gasteiger partial charge in [-0.05, 0) is 30.3 Å². The van der Waals surface area contributed by atoms with Crippen LogP contribution in [0.5, 0.6) is 0 Å². The van der Waals surface area contributed by atoms with Crippen molar-refractivity contribution in [3.8, 4) is 0 Å². The molecule has 0 aliphatic rings. The average Bonchev–Trinajstić information content (AvgIpc) is 2.55. The Morgan fingerprint density at radius 2 is 2.00 bits per heavy atom. The van der Waals surface area contributed by atoms with Crippen molar-refractivity contribution in [2.24, 2.45) is 0 Å². The minimum atomic E-state index is -1.13. The number of nitrogens with one attached hydrogen (secondary N) is 2. The van der Waals surface area contributed by atoms with Crippen molar-refractivity contribution in [3.63, 3.8) is 0 Å². The van der Waals surface area contributed by atoms with Crippen molar-refractivity contribution in [2.75, 3.05) is 5.32 Å². The largest absolute Gasteiger partial charge is 0.480 e. The van der Waals surface area contributed by atoms with Gasteiger partial charge in [-0.2, -0.15) is 0 Å². The van der Waals surface area contributed by atoms with Gasteiger partial charge in [-0.15, -0.1) is 0 Å². The Bertz CT molecular complexity index is 726. The summed E-state index contributed by atoms with van der Waals surface area (Å²) < 4.78 is 0. The number of pyridine rings is 1. The summed E-state index contributed by atoms with van der Waals surface area (Å²) in [5.74, 6) is -1.61. The van der Waals surface area contributed by atoms with E-state index in [9.17, 15) is 14.7 Å². The Labute approximate surface area is 148 Å². The van der Waals surface area contributed by atoms with Crippen LogP contribution >= 0.6 is 23.2 Å². The number of carboxylic acid groups (broad SMARTS) is 1. The molecule has 1 atom stereocenters. The maximum absolute atomic E-state index is 12.1. The van der Waals surface area contributed by atoms with Crippen LogP contribution in [0.2, 0.25) is 10.0 Å². The fourth-order valence-electron chi connectivity index (χ4n) is 1.96. The van der Waals surface area contributed by atoms with Crippen molar-refractivity contribution in [3.05, 3.63) is 58.3 Å². The Morgan fingerprint density at radius 1 is 1.21 bits per heavy atom. The number of rotatable bonds is 7. The minimum absolute atomic E-state index is 0.239. The van der Waals surface area contributed by atoms with E-state index in [1.807, 2.05) is 0 Å². The molecule has 8 heteroatoms. The van der Waals surface area contributed by atoms with Crippen molar-refractivity contribution in [2.45, 2.75) is 19.0 Å². The Balaban J connectivity index is 1.95. The molecule has 1 unspecified atom stereocenters. The maximum atomic E-state index is 12.1. The number of aromatic nitrogens is 1. The van der Waals surface area contributed by atoms with E-state index >= 15 is 0 Å². The standard InChI is InChI=1S/C16H15Cl2N3O3/c17-10-4-5-12(18)13(7-10)21-15(22)8-14(16(23)24)20-9-11-3-1-2-6-19-11/h1-7,14,20H,8-9H2,(H,21,22)(H,23,24). The zero-order valence-corrected chi connectivity index (χ0v) is 14.0. The maximum Gasteiger partial charge on any atom is 0.321 e. The predicted molar refractivity (Wildman–Crippen MR) is 92.2 cm³/mol. The van der Waals surface area contributed by atoms with Gasteiger partial charge in [-0.25, -0.2) is 0 Å². The molecule has 1 amide bonds. The van der Waals surface area contributed by atoms with Crippen LogP contribution in [0.3, 0.4) is 0 Å². The van der Waals surface area contributed by atoms with E-state index in [0.29, 0.717) is 21.4 Å². The van der Waals surface area contributed by atoms with Crippen molar-refractivity contribution in [1.82, 2.24) is 10.3 Å². The van der Waals surface area contributed by atoms with Crippen molar-refractivity contribution < 1.29 is 14.7 Å². The summed E-state index contributed by atoms with van der Waals surface area (Å²) in [6.45, 7) is 0.239. The topological polar surface area (TPSA) is 91.3 Å². The Hall–Kier alpha value is -2.15. The first-order valence-corrected chi connectivity index (χ1v) is 7.82. The first kappa shape index (κ1) is 18.2. The third-order valence-corrected chi connectivity index (χ3v) is 3.71. The molecule has 0 fully saturated rings. The lowest BCUT2D eigenvalue weighted by atomic mass is 10.2. The zero-order valence-electron chi connectivity index (χ0n) is 12.5. The van der Waals surface area contributed by atoms with E-state index in [2.05, 4.69) is 15.6 Å². The molecule has 0 aliphatic carbocycles. The monoisotopic (exact) mass is 367 g/mol. The van der Waals surface area contributed by atoms with E-state index in [1.54, 1.807) is 36.5 Å². The third kappa shape index (κ3) is 5.49. The summed E-state index contributed by atoms with van der Waals surface area (Å²) in [4.78, 5) is 27.5. The highest BCUT2D eigenvalue weighted by Crippen LogP contribution is 2.25. The van der Waals surface area contributed by atoms with Crippen LogP contribution in [0.15, 0.2) is 42.6 Å². The summed E-state index contributed by atoms with van der Waals surface area (Å²) in [5, 5.41) is 15.3. The highest BCUT2D eigenvalue weighted by Gasteiger charge is 2.21. The lowest BCUT2D eigenvalue weighted by molar-refractivity contribution is -0.141. The molecule has 3 N–H and O–H groups in total. The second-order valence-electron chi connectivity index (χ2n) is 4.97. The molecule has 0 saturated carbocycles. The predicted octanol–water partition coefficient (Wildman–Crippen LogP) is 2.96. The van der Waals surface area contributed by atoms with E-state index in [1.165, 1.54) is 6.07 Å². The average molecular weight is 368 g/mol. The van der Waals surface area contributed by atoms with Gasteiger partial charge in [-0.3, -0.25) is 19.9 Å². The summed E-state index contributed by atoms with van der Waals surface area (Å²) >= 11 is 11.8. The smallest absolute Gasteiger partial charge is 0.321 e. The number of hydrogen-bond donors (Lipinski definition) is 3. The van der Waals surface area contributed by atoms with Gasteiger partial charge in [0.05, 0.1) is 22.8 Å². The van der Waals surface area contributed by atoms with Crippen LogP contribution in [-0.4, -0.2) is 28.0 Å². The van der Waals surface area contributed by atoms with Gasteiger partial charge in [0, 0.05) is 17.8 Å². The highest BCUT2D eigenvalue weighted by molar-refractivity contribution is 6.35. The minimum Gasteiger partial charge on any atom is -0.480 e. The molecule has 0 bridgehead atoms. The number of carbonyl (C=O) groups is 2. The second kappa shape index (κ2) is 8.63.